The zero-order valence-corrected chi connectivity index (χ0v) is 19.4. The second-order valence-electron chi connectivity index (χ2n) is 7.28. The van der Waals surface area contributed by atoms with Gasteiger partial charge in [0, 0.05) is 17.7 Å². The van der Waals surface area contributed by atoms with Gasteiger partial charge < -0.3 is 23.9 Å². The van der Waals surface area contributed by atoms with Gasteiger partial charge in [-0.05, 0) is 42.0 Å². The zero-order valence-electron chi connectivity index (χ0n) is 18.6. The summed E-state index contributed by atoms with van der Waals surface area (Å²) in [5, 5.41) is 22.3. The molecular weight excluding hydrogens is 464 g/mol. The van der Waals surface area contributed by atoms with E-state index < -0.39 is 28.8 Å². The number of hydrogen-bond acceptors (Lipinski definition) is 10. The number of esters is 2. The minimum absolute atomic E-state index is 0.00130. The van der Waals surface area contributed by atoms with Crippen LogP contribution in [0.2, 0.25) is 0 Å². The summed E-state index contributed by atoms with van der Waals surface area (Å²) >= 11 is 1.49. The summed E-state index contributed by atoms with van der Waals surface area (Å²) < 4.78 is 15.2. The number of ether oxygens (including phenoxy) is 2. The Morgan fingerprint density at radius 2 is 1.94 bits per heavy atom. The minimum Gasteiger partial charge on any atom is -0.465 e. The number of hydrogen-bond donors (Lipinski definition) is 1. The van der Waals surface area contributed by atoms with Crippen LogP contribution in [0.15, 0.2) is 69.1 Å². The van der Waals surface area contributed by atoms with Crippen molar-refractivity contribution < 1.29 is 33.5 Å². The van der Waals surface area contributed by atoms with Crippen LogP contribution in [-0.2, 0) is 25.6 Å². The molecule has 0 amide bonds. The highest BCUT2D eigenvalue weighted by atomic mass is 32.1. The largest absolute Gasteiger partial charge is 0.465 e. The van der Waals surface area contributed by atoms with Crippen LogP contribution in [0.3, 0.4) is 0 Å². The quantitative estimate of drug-likeness (QED) is 0.319. The van der Waals surface area contributed by atoms with Crippen molar-refractivity contribution in [2.75, 3.05) is 20.8 Å². The summed E-state index contributed by atoms with van der Waals surface area (Å²) in [7, 11) is 2.42. The molecule has 0 aliphatic carbocycles. The molecule has 0 spiro atoms. The molecule has 0 fully saturated rings. The molecule has 34 heavy (non-hydrogen) atoms. The van der Waals surface area contributed by atoms with Gasteiger partial charge in [0.2, 0.25) is 0 Å². The molecule has 1 aliphatic heterocycles. The van der Waals surface area contributed by atoms with E-state index in [4.69, 9.17) is 13.9 Å². The Morgan fingerprint density at radius 1 is 1.21 bits per heavy atom. The number of rotatable bonds is 9. The van der Waals surface area contributed by atoms with E-state index >= 15 is 0 Å². The van der Waals surface area contributed by atoms with E-state index in [0.29, 0.717) is 24.2 Å². The fraction of sp³-hybridized carbons (Fsp3) is 0.304. The Hall–Kier alpha value is -3.70. The second-order valence-corrected chi connectivity index (χ2v) is 8.26. The van der Waals surface area contributed by atoms with Crippen LogP contribution in [-0.4, -0.2) is 47.7 Å². The lowest BCUT2D eigenvalue weighted by Gasteiger charge is -2.30. The lowest BCUT2D eigenvalue weighted by atomic mass is 9.96. The summed E-state index contributed by atoms with van der Waals surface area (Å²) in [6.45, 7) is 0.0109. The van der Waals surface area contributed by atoms with Crippen molar-refractivity contribution in [1.29, 1.82) is 0 Å². The Bertz CT molecular complexity index is 1130. The second kappa shape index (κ2) is 11.4. The molecule has 2 aromatic heterocycles. The number of furan rings is 1. The van der Waals surface area contributed by atoms with Gasteiger partial charge >= 0.3 is 17.8 Å². The van der Waals surface area contributed by atoms with E-state index in [9.17, 15) is 24.8 Å². The summed E-state index contributed by atoms with van der Waals surface area (Å²) in [5.74, 6) is -1.58. The van der Waals surface area contributed by atoms with Crippen molar-refractivity contribution in [3.05, 3.63) is 85.5 Å². The number of allylic oxidation sites excluding steroid dienone is 2. The van der Waals surface area contributed by atoms with Gasteiger partial charge in [-0.25, -0.2) is 9.59 Å². The Morgan fingerprint density at radius 3 is 2.53 bits per heavy atom. The third kappa shape index (κ3) is 5.80. The van der Waals surface area contributed by atoms with Crippen molar-refractivity contribution in [1.82, 2.24) is 4.90 Å². The fourth-order valence-corrected chi connectivity index (χ4v) is 4.31. The van der Waals surface area contributed by atoms with Crippen LogP contribution in [0, 0.1) is 10.1 Å². The average molecular weight is 489 g/mol. The number of carbonyl (C=O) groups excluding carboxylic acids is 2. The lowest BCUT2D eigenvalue weighted by Crippen LogP contribution is -2.26. The van der Waals surface area contributed by atoms with Crippen LogP contribution in [0.4, 0.5) is 5.88 Å². The number of thiophene rings is 1. The number of carbonyl (C=O) groups is 2. The van der Waals surface area contributed by atoms with E-state index in [2.05, 4.69) is 0 Å². The smallest absolute Gasteiger partial charge is 0.433 e. The van der Waals surface area contributed by atoms with Gasteiger partial charge in [-0.1, -0.05) is 12.1 Å². The normalized spacial score (nSPS) is 16.0. The van der Waals surface area contributed by atoms with Crippen LogP contribution in [0.1, 0.15) is 29.5 Å². The molecule has 2 aromatic rings. The van der Waals surface area contributed by atoms with Gasteiger partial charge in [-0.15, -0.1) is 11.3 Å². The predicted octanol–water partition coefficient (Wildman–Crippen LogP) is 3.66. The molecule has 0 aromatic carbocycles. The molecule has 0 bridgehead atoms. The van der Waals surface area contributed by atoms with Crippen molar-refractivity contribution >= 4 is 29.2 Å². The molecule has 10 nitrogen and oxygen atoms in total. The molecule has 0 radical (unpaired) electrons. The van der Waals surface area contributed by atoms with Crippen LogP contribution in [0.25, 0.3) is 0 Å². The van der Waals surface area contributed by atoms with Gasteiger partial charge in [0.05, 0.1) is 44.0 Å². The van der Waals surface area contributed by atoms with E-state index in [1.165, 1.54) is 43.9 Å². The van der Waals surface area contributed by atoms with Gasteiger partial charge in [-0.2, -0.15) is 0 Å². The number of methoxy groups -OCH3 is 2. The maximum absolute atomic E-state index is 12.7. The summed E-state index contributed by atoms with van der Waals surface area (Å²) in [6, 6.07) is 6.16. The topological polar surface area (TPSA) is 132 Å². The first-order valence-corrected chi connectivity index (χ1v) is 11.2. The van der Waals surface area contributed by atoms with E-state index in [0.717, 1.165) is 4.88 Å². The van der Waals surface area contributed by atoms with Crippen molar-refractivity contribution in [3.63, 3.8) is 0 Å². The van der Waals surface area contributed by atoms with Gasteiger partial charge in [-0.3, -0.25) is 10.1 Å². The SMILES string of the molecule is COC(=O)C1=CC(CCCO)=CC(c2cccs2)N(Cc2ccc([N+](=O)[O-])o2)C=C1C(=O)OC. The molecule has 180 valence electrons. The first-order chi connectivity index (χ1) is 16.4. The number of aliphatic hydroxyl groups excluding tert-OH is 1. The summed E-state index contributed by atoms with van der Waals surface area (Å²) in [4.78, 5) is 38.5. The lowest BCUT2D eigenvalue weighted by molar-refractivity contribution is -0.402. The monoisotopic (exact) mass is 488 g/mol. The molecular formula is C23H24N2O8S. The fourth-order valence-electron chi connectivity index (χ4n) is 3.49. The Kier molecular flexibility index (Phi) is 8.39. The van der Waals surface area contributed by atoms with Crippen LogP contribution < -0.4 is 0 Å². The van der Waals surface area contributed by atoms with E-state index in [1.54, 1.807) is 11.0 Å². The van der Waals surface area contributed by atoms with Crippen molar-refractivity contribution in [2.24, 2.45) is 0 Å². The molecule has 11 heteroatoms. The van der Waals surface area contributed by atoms with E-state index in [-0.39, 0.29) is 24.3 Å². The first kappa shape index (κ1) is 24.9. The van der Waals surface area contributed by atoms with Crippen molar-refractivity contribution in [3.8, 4) is 0 Å². The third-order valence-electron chi connectivity index (χ3n) is 5.08. The minimum atomic E-state index is -0.750. The third-order valence-corrected chi connectivity index (χ3v) is 6.02. The summed E-state index contributed by atoms with van der Waals surface area (Å²) in [5.41, 5.74) is 0.669. The Balaban J connectivity index is 2.19. The van der Waals surface area contributed by atoms with Gasteiger partial charge in [0.1, 0.15) is 10.7 Å². The average Bonchev–Trinajstić information content (AvgIpc) is 3.52. The zero-order chi connectivity index (χ0) is 24.7. The van der Waals surface area contributed by atoms with Crippen LogP contribution >= 0.6 is 11.3 Å². The first-order valence-electron chi connectivity index (χ1n) is 10.3. The molecule has 1 unspecified atom stereocenters. The van der Waals surface area contributed by atoms with E-state index in [1.807, 2.05) is 23.6 Å². The molecule has 1 N–H and O–H groups in total. The maximum atomic E-state index is 12.7. The molecule has 3 rings (SSSR count). The van der Waals surface area contributed by atoms with Crippen LogP contribution in [0.5, 0.6) is 0 Å². The summed E-state index contributed by atoms with van der Waals surface area (Å²) in [6.07, 6.45) is 5.85. The highest BCUT2D eigenvalue weighted by molar-refractivity contribution is 7.10. The highest BCUT2D eigenvalue weighted by Crippen LogP contribution is 2.35. The predicted molar refractivity (Wildman–Crippen MR) is 123 cm³/mol. The maximum Gasteiger partial charge on any atom is 0.433 e. The number of nitro groups is 1. The molecule has 1 atom stereocenters. The molecule has 0 saturated heterocycles. The molecule has 1 aliphatic rings. The standard InChI is InChI=1S/C23H24N2O8S/c1-31-22(27)17-11-15(5-3-9-26)12-19(20-6-4-10-34-20)24(14-18(17)23(28)32-2)13-16-7-8-21(33-16)25(29)30/h4,6-8,10-12,14,19,26H,3,5,9,13H2,1-2H3. The van der Waals surface area contributed by atoms with Gasteiger partial charge in [0.25, 0.3) is 0 Å². The van der Waals surface area contributed by atoms with Gasteiger partial charge in [0.15, 0.2) is 0 Å². The highest BCUT2D eigenvalue weighted by Gasteiger charge is 2.29. The number of nitrogens with zero attached hydrogens (tertiary/aromatic N) is 2. The molecule has 3 heterocycles. The van der Waals surface area contributed by atoms with Crippen molar-refractivity contribution in [2.45, 2.75) is 25.4 Å². The molecule has 0 saturated carbocycles. The Labute approximate surface area is 199 Å². The number of aliphatic hydroxyl groups is 1.